The Kier molecular flexibility index (Phi) is 5.76. The van der Waals surface area contributed by atoms with Gasteiger partial charge in [-0.25, -0.2) is 0 Å². The molecule has 2 unspecified atom stereocenters. The van der Waals surface area contributed by atoms with Gasteiger partial charge in [0.05, 0.1) is 12.6 Å². The van der Waals surface area contributed by atoms with Gasteiger partial charge in [0.1, 0.15) is 5.25 Å². The number of rotatable bonds is 5. The number of nitrogens with zero attached hydrogens (tertiary/aromatic N) is 1. The monoisotopic (exact) mass is 367 g/mol. The van der Waals surface area contributed by atoms with Crippen LogP contribution < -0.4 is 10.6 Å². The Morgan fingerprint density at radius 3 is 3.12 bits per heavy atom. The van der Waals surface area contributed by atoms with Crippen LogP contribution in [0.4, 0.5) is 5.69 Å². The topological polar surface area (TPSA) is 79.8 Å². The molecule has 0 aliphatic carbocycles. The van der Waals surface area contributed by atoms with E-state index in [1.165, 1.54) is 11.8 Å². The Balaban J connectivity index is 1.50. The van der Waals surface area contributed by atoms with Crippen molar-refractivity contribution in [2.45, 2.75) is 30.6 Å². The molecular formula is C16H18ClN3O3S. The fourth-order valence-electron chi connectivity index (χ4n) is 2.53. The van der Waals surface area contributed by atoms with Gasteiger partial charge in [-0.2, -0.15) is 0 Å². The van der Waals surface area contributed by atoms with Crippen molar-refractivity contribution in [2.24, 2.45) is 4.99 Å². The van der Waals surface area contributed by atoms with Crippen molar-refractivity contribution in [3.05, 3.63) is 29.3 Å². The van der Waals surface area contributed by atoms with E-state index >= 15 is 0 Å². The maximum absolute atomic E-state index is 12.1. The molecule has 2 fully saturated rings. The number of nitrogens with one attached hydrogen (secondary N) is 2. The van der Waals surface area contributed by atoms with E-state index in [2.05, 4.69) is 15.6 Å². The van der Waals surface area contributed by atoms with Gasteiger partial charge < -0.3 is 15.4 Å². The molecule has 2 heterocycles. The van der Waals surface area contributed by atoms with Gasteiger partial charge in [-0.05, 0) is 31.0 Å². The molecule has 0 bridgehead atoms. The number of hydrogen-bond donors (Lipinski definition) is 2. The van der Waals surface area contributed by atoms with Gasteiger partial charge in [0.15, 0.2) is 5.17 Å². The lowest BCUT2D eigenvalue weighted by molar-refractivity contribution is -0.122. The summed E-state index contributed by atoms with van der Waals surface area (Å²) in [5.74, 6) is -0.419. The number of ether oxygens (including phenoxy) is 1. The summed E-state index contributed by atoms with van der Waals surface area (Å²) < 4.78 is 5.50. The second-order valence-electron chi connectivity index (χ2n) is 5.64. The van der Waals surface area contributed by atoms with Gasteiger partial charge in [0, 0.05) is 23.7 Å². The van der Waals surface area contributed by atoms with Crippen LogP contribution in [0.5, 0.6) is 0 Å². The number of carbonyl (C=O) groups excluding carboxylic acids is 2. The summed E-state index contributed by atoms with van der Waals surface area (Å²) in [5, 5.41) is 6.11. The third-order valence-corrected chi connectivity index (χ3v) is 5.07. The molecule has 0 aromatic heterocycles. The number of thioether (sulfide) groups is 1. The van der Waals surface area contributed by atoms with Crippen molar-refractivity contribution in [3.63, 3.8) is 0 Å². The van der Waals surface area contributed by atoms with Crippen LogP contribution >= 0.6 is 23.4 Å². The van der Waals surface area contributed by atoms with Crippen molar-refractivity contribution in [3.8, 4) is 0 Å². The molecule has 1 aromatic carbocycles. The van der Waals surface area contributed by atoms with Crippen LogP contribution in [0.2, 0.25) is 5.02 Å². The Labute approximate surface area is 149 Å². The predicted octanol–water partition coefficient (Wildman–Crippen LogP) is 2.44. The van der Waals surface area contributed by atoms with Crippen LogP contribution in [-0.2, 0) is 14.3 Å². The molecule has 2 aliphatic rings. The standard InChI is InChI=1S/C16H18ClN3O3S/c17-10-3-1-4-11(7-10)19-14(21)8-13-15(22)20-16(24-13)18-9-12-5-2-6-23-12/h1,3-4,7,12-13H,2,5-6,8-9H2,(H,19,21)(H,18,20,22). The van der Waals surface area contributed by atoms with Crippen molar-refractivity contribution in [2.75, 3.05) is 18.5 Å². The average molecular weight is 368 g/mol. The SMILES string of the molecule is O=C(CC1SC(=NCC2CCCO2)NC1=O)Nc1cccc(Cl)c1. The molecule has 0 radical (unpaired) electrons. The first-order valence-electron chi connectivity index (χ1n) is 7.79. The highest BCUT2D eigenvalue weighted by atomic mass is 35.5. The van der Waals surface area contributed by atoms with E-state index in [9.17, 15) is 9.59 Å². The average Bonchev–Trinajstić information content (AvgIpc) is 3.15. The largest absolute Gasteiger partial charge is 0.376 e. The first-order valence-corrected chi connectivity index (χ1v) is 9.05. The van der Waals surface area contributed by atoms with E-state index < -0.39 is 5.25 Å². The molecule has 2 N–H and O–H groups in total. The molecule has 128 valence electrons. The number of benzene rings is 1. The maximum Gasteiger partial charge on any atom is 0.240 e. The van der Waals surface area contributed by atoms with E-state index in [0.717, 1.165) is 19.4 Å². The van der Waals surface area contributed by atoms with Crippen molar-refractivity contribution in [1.82, 2.24) is 5.32 Å². The van der Waals surface area contributed by atoms with Gasteiger partial charge in [-0.1, -0.05) is 29.4 Å². The van der Waals surface area contributed by atoms with Crippen LogP contribution in [0, 0.1) is 0 Å². The summed E-state index contributed by atoms with van der Waals surface area (Å²) in [4.78, 5) is 28.5. The quantitative estimate of drug-likeness (QED) is 0.837. The van der Waals surface area contributed by atoms with Crippen LogP contribution in [-0.4, -0.2) is 41.5 Å². The van der Waals surface area contributed by atoms with E-state index in [1.54, 1.807) is 24.3 Å². The second kappa shape index (κ2) is 8.00. The highest BCUT2D eigenvalue weighted by molar-refractivity contribution is 8.15. The molecule has 1 aromatic rings. The minimum Gasteiger partial charge on any atom is -0.376 e. The van der Waals surface area contributed by atoms with E-state index in [-0.39, 0.29) is 24.3 Å². The molecule has 6 nitrogen and oxygen atoms in total. The Morgan fingerprint density at radius 1 is 1.50 bits per heavy atom. The second-order valence-corrected chi connectivity index (χ2v) is 7.27. The molecule has 3 rings (SSSR count). The lowest BCUT2D eigenvalue weighted by atomic mass is 10.2. The van der Waals surface area contributed by atoms with Gasteiger partial charge >= 0.3 is 0 Å². The summed E-state index contributed by atoms with van der Waals surface area (Å²) in [6.45, 7) is 1.32. The van der Waals surface area contributed by atoms with Crippen LogP contribution in [0.15, 0.2) is 29.3 Å². The summed E-state index contributed by atoms with van der Waals surface area (Å²) in [6, 6.07) is 6.90. The van der Waals surface area contributed by atoms with Gasteiger partial charge in [0.25, 0.3) is 0 Å². The molecule has 24 heavy (non-hydrogen) atoms. The highest BCUT2D eigenvalue weighted by Crippen LogP contribution is 2.24. The number of amides is 2. The van der Waals surface area contributed by atoms with Gasteiger partial charge in [0.2, 0.25) is 11.8 Å². The summed E-state index contributed by atoms with van der Waals surface area (Å²) >= 11 is 7.18. The van der Waals surface area contributed by atoms with Gasteiger partial charge in [-0.15, -0.1) is 0 Å². The Morgan fingerprint density at radius 2 is 2.38 bits per heavy atom. The molecule has 2 aliphatic heterocycles. The Hall–Kier alpha value is -1.57. The zero-order valence-electron chi connectivity index (χ0n) is 13.0. The number of halogens is 1. The van der Waals surface area contributed by atoms with Crippen molar-refractivity contribution >= 4 is 46.0 Å². The summed E-state index contributed by atoms with van der Waals surface area (Å²) in [5.41, 5.74) is 0.614. The van der Waals surface area contributed by atoms with Crippen LogP contribution in [0.3, 0.4) is 0 Å². The Bertz CT molecular complexity index is 662. The molecule has 2 saturated heterocycles. The van der Waals surface area contributed by atoms with Crippen LogP contribution in [0.25, 0.3) is 0 Å². The highest BCUT2D eigenvalue weighted by Gasteiger charge is 2.32. The first kappa shape index (κ1) is 17.3. The summed E-state index contributed by atoms with van der Waals surface area (Å²) in [6.07, 6.45) is 2.28. The molecule has 2 atom stereocenters. The third-order valence-electron chi connectivity index (χ3n) is 3.72. The smallest absolute Gasteiger partial charge is 0.240 e. The first-order chi connectivity index (χ1) is 11.6. The number of aliphatic imine (C=N–C) groups is 1. The molecule has 0 spiro atoms. The maximum atomic E-state index is 12.1. The fraction of sp³-hybridized carbons (Fsp3) is 0.438. The minimum atomic E-state index is -0.465. The number of amidine groups is 1. The minimum absolute atomic E-state index is 0.0853. The van der Waals surface area contributed by atoms with E-state index in [4.69, 9.17) is 16.3 Å². The van der Waals surface area contributed by atoms with Crippen LogP contribution in [0.1, 0.15) is 19.3 Å². The molecule has 0 saturated carbocycles. The fourth-order valence-corrected chi connectivity index (χ4v) is 3.70. The number of carbonyl (C=O) groups is 2. The molecule has 2 amide bonds. The number of hydrogen-bond acceptors (Lipinski definition) is 5. The predicted molar refractivity (Wildman–Crippen MR) is 95.5 cm³/mol. The zero-order chi connectivity index (χ0) is 16.9. The molecular weight excluding hydrogens is 350 g/mol. The van der Waals surface area contributed by atoms with E-state index in [0.29, 0.717) is 22.4 Å². The summed E-state index contributed by atoms with van der Waals surface area (Å²) in [7, 11) is 0. The lowest BCUT2D eigenvalue weighted by Gasteiger charge is -2.07. The third kappa shape index (κ3) is 4.72. The normalized spacial score (nSPS) is 25.0. The molecule has 8 heteroatoms. The van der Waals surface area contributed by atoms with Crippen molar-refractivity contribution in [1.29, 1.82) is 0 Å². The van der Waals surface area contributed by atoms with Gasteiger partial charge in [-0.3, -0.25) is 14.6 Å². The lowest BCUT2D eigenvalue weighted by Crippen LogP contribution is -2.28. The number of anilines is 1. The van der Waals surface area contributed by atoms with Crippen molar-refractivity contribution < 1.29 is 14.3 Å². The zero-order valence-corrected chi connectivity index (χ0v) is 14.5. The van der Waals surface area contributed by atoms with E-state index in [1.807, 2.05) is 0 Å².